The molecule has 0 radical (unpaired) electrons. The molecule has 0 fully saturated rings. The predicted molar refractivity (Wildman–Crippen MR) is 172 cm³/mol. The molecular formula is C33H29BrN4O8. The molecule has 46 heavy (non-hydrogen) atoms. The molecule has 3 aliphatic carbocycles. The SMILES string of the molecule is O=C1CC2=C(CCCC2)C(=O)O1.O=c1[nH]c2c(c3c1CCCC3)Cc1c-2cccc1[N+](=O)[O-].[C-]#[N+]c1cccc([N+](=O)[O-])c1CBr. The summed E-state index contributed by atoms with van der Waals surface area (Å²) in [5.74, 6) is -0.790. The molecule has 1 aliphatic heterocycles. The van der Waals surface area contributed by atoms with Gasteiger partial charge in [0.2, 0.25) is 0 Å². The Kier molecular flexibility index (Phi) is 9.87. The maximum Gasteiger partial charge on any atom is 0.341 e. The zero-order valence-electron chi connectivity index (χ0n) is 24.7. The molecule has 236 valence electrons. The topological polar surface area (TPSA) is 167 Å². The molecule has 7 rings (SSSR count). The van der Waals surface area contributed by atoms with Crippen molar-refractivity contribution in [3.05, 3.63) is 117 Å². The Morgan fingerprint density at radius 3 is 2.17 bits per heavy atom. The number of carbonyl (C=O) groups excluding carboxylic acids is 2. The number of hydrogen-bond acceptors (Lipinski definition) is 8. The maximum absolute atomic E-state index is 12.3. The number of aromatic nitrogens is 1. The van der Waals surface area contributed by atoms with Crippen molar-refractivity contribution in [2.45, 2.75) is 69.5 Å². The summed E-state index contributed by atoms with van der Waals surface area (Å²) in [6.45, 7) is 6.81. The number of nitrogens with one attached hydrogen (secondary N) is 1. The lowest BCUT2D eigenvalue weighted by molar-refractivity contribution is -0.385. The molecule has 0 unspecified atom stereocenters. The summed E-state index contributed by atoms with van der Waals surface area (Å²) in [6.07, 6.45) is 8.57. The number of hydrogen-bond donors (Lipinski definition) is 1. The Morgan fingerprint density at radius 2 is 1.48 bits per heavy atom. The average molecular weight is 690 g/mol. The molecule has 13 heteroatoms. The minimum atomic E-state index is -0.481. The number of esters is 2. The van der Waals surface area contributed by atoms with Crippen molar-refractivity contribution in [2.75, 3.05) is 0 Å². The molecule has 3 aromatic rings. The normalized spacial score (nSPS) is 15.7. The van der Waals surface area contributed by atoms with Crippen LogP contribution in [0.2, 0.25) is 0 Å². The van der Waals surface area contributed by atoms with E-state index in [2.05, 4.69) is 30.5 Å². The van der Waals surface area contributed by atoms with E-state index in [4.69, 9.17) is 6.57 Å². The number of H-pyrrole nitrogens is 1. The number of benzene rings is 2. The van der Waals surface area contributed by atoms with Crippen LogP contribution in [0.3, 0.4) is 0 Å². The molecule has 0 spiro atoms. The number of carbonyl (C=O) groups is 2. The fourth-order valence-corrected chi connectivity index (χ4v) is 7.01. The van der Waals surface area contributed by atoms with E-state index in [1.807, 2.05) is 6.07 Å². The minimum absolute atomic E-state index is 0.00891. The van der Waals surface area contributed by atoms with Crippen molar-refractivity contribution in [3.63, 3.8) is 0 Å². The molecule has 4 aliphatic rings. The van der Waals surface area contributed by atoms with E-state index in [1.165, 1.54) is 18.2 Å². The number of nitro benzene ring substituents is 2. The second-order valence-electron chi connectivity index (χ2n) is 11.2. The summed E-state index contributed by atoms with van der Waals surface area (Å²) >= 11 is 3.12. The number of pyridine rings is 1. The van der Waals surface area contributed by atoms with Crippen LogP contribution in [0.25, 0.3) is 16.1 Å². The summed E-state index contributed by atoms with van der Waals surface area (Å²) < 4.78 is 4.52. The number of aromatic amines is 1. The van der Waals surface area contributed by atoms with Gasteiger partial charge in [-0.05, 0) is 68.1 Å². The highest BCUT2D eigenvalue weighted by atomic mass is 79.9. The van der Waals surface area contributed by atoms with Gasteiger partial charge in [0.1, 0.15) is 0 Å². The first-order valence-electron chi connectivity index (χ1n) is 14.8. The Labute approximate surface area is 271 Å². The van der Waals surface area contributed by atoms with Crippen LogP contribution in [0, 0.1) is 26.8 Å². The third-order valence-electron chi connectivity index (χ3n) is 8.59. The summed E-state index contributed by atoms with van der Waals surface area (Å²) in [5, 5.41) is 22.1. The largest absolute Gasteiger partial charge is 0.389 e. The van der Waals surface area contributed by atoms with Crippen molar-refractivity contribution >= 4 is 44.9 Å². The smallest absolute Gasteiger partial charge is 0.341 e. The minimum Gasteiger partial charge on any atom is -0.389 e. The fraction of sp³-hybridized carbons (Fsp3) is 0.333. The third kappa shape index (κ3) is 6.53. The van der Waals surface area contributed by atoms with Gasteiger partial charge in [-0.1, -0.05) is 40.2 Å². The van der Waals surface area contributed by atoms with Crippen LogP contribution in [-0.4, -0.2) is 26.8 Å². The monoisotopic (exact) mass is 688 g/mol. The van der Waals surface area contributed by atoms with E-state index in [1.54, 1.807) is 12.1 Å². The number of cyclic esters (lactones) is 2. The third-order valence-corrected chi connectivity index (χ3v) is 9.15. The van der Waals surface area contributed by atoms with Gasteiger partial charge in [-0.2, -0.15) is 0 Å². The average Bonchev–Trinajstić information content (AvgIpc) is 3.43. The van der Waals surface area contributed by atoms with E-state index in [9.17, 15) is 34.6 Å². The molecule has 2 heterocycles. The van der Waals surface area contributed by atoms with Crippen molar-refractivity contribution in [1.29, 1.82) is 0 Å². The van der Waals surface area contributed by atoms with Crippen LogP contribution in [0.5, 0.6) is 0 Å². The molecule has 0 atom stereocenters. The number of nitrogens with zero attached hydrogens (tertiary/aromatic N) is 3. The molecule has 1 N–H and O–H groups in total. The molecule has 1 aromatic heterocycles. The summed E-state index contributed by atoms with van der Waals surface area (Å²) in [7, 11) is 0. The molecule has 2 aromatic carbocycles. The standard InChI is InChI=1S/C16H14N2O3.C9H10O3.C8H5BrN2O2/c19-16-11-5-2-1-4-9(11)13-8-12-10(15(13)17-16)6-3-7-14(12)18(20)21;10-8-5-6-3-1-2-4-7(6)9(11)12-8;1-10-7-3-2-4-8(11(12)13)6(7)5-9/h3,6-7H,1-2,4-5,8H2,(H,17,19);1-5H2;2-4H,5H2. The number of ether oxygens (including phenoxy) is 1. The van der Waals surface area contributed by atoms with Gasteiger partial charge in [-0.3, -0.25) is 29.8 Å². The molecule has 0 bridgehead atoms. The predicted octanol–water partition coefficient (Wildman–Crippen LogP) is 7.10. The lowest BCUT2D eigenvalue weighted by Crippen LogP contribution is -2.24. The van der Waals surface area contributed by atoms with Crippen molar-refractivity contribution < 1.29 is 24.2 Å². The second-order valence-corrected chi connectivity index (χ2v) is 11.8. The van der Waals surface area contributed by atoms with Crippen LogP contribution >= 0.6 is 15.9 Å². The van der Waals surface area contributed by atoms with Crippen LogP contribution in [0.4, 0.5) is 17.1 Å². The van der Waals surface area contributed by atoms with Gasteiger partial charge in [0.15, 0.2) is 5.69 Å². The Hall–Kier alpha value is -4.96. The summed E-state index contributed by atoms with van der Waals surface area (Å²) in [5.41, 5.74) is 8.09. The van der Waals surface area contributed by atoms with Gasteiger partial charge in [-0.25, -0.2) is 9.64 Å². The van der Waals surface area contributed by atoms with E-state index in [-0.39, 0.29) is 27.8 Å². The van der Waals surface area contributed by atoms with E-state index in [0.717, 1.165) is 96.0 Å². The van der Waals surface area contributed by atoms with E-state index < -0.39 is 10.9 Å². The highest BCUT2D eigenvalue weighted by molar-refractivity contribution is 9.08. The number of halogens is 1. The molecule has 12 nitrogen and oxygen atoms in total. The van der Waals surface area contributed by atoms with Crippen LogP contribution in [0.1, 0.15) is 72.8 Å². The first-order chi connectivity index (χ1) is 22.1. The van der Waals surface area contributed by atoms with Gasteiger partial charge in [0.25, 0.3) is 16.9 Å². The number of rotatable bonds is 3. The highest BCUT2D eigenvalue weighted by Crippen LogP contribution is 2.42. The molecule has 0 amide bonds. The zero-order chi connectivity index (χ0) is 33.0. The number of alkyl halides is 1. The molecule has 0 saturated carbocycles. The van der Waals surface area contributed by atoms with Gasteiger partial charge < -0.3 is 9.72 Å². The lowest BCUT2D eigenvalue weighted by atomic mass is 9.88. The number of nitro groups is 2. The summed E-state index contributed by atoms with van der Waals surface area (Å²) in [6, 6.07) is 9.55. The van der Waals surface area contributed by atoms with Crippen molar-refractivity contribution in [2.24, 2.45) is 0 Å². The lowest BCUT2D eigenvalue weighted by Gasteiger charge is -2.21. The van der Waals surface area contributed by atoms with Crippen LogP contribution < -0.4 is 5.56 Å². The molecule has 0 saturated heterocycles. The summed E-state index contributed by atoms with van der Waals surface area (Å²) in [4.78, 5) is 61.3. The Balaban J connectivity index is 0.000000145. The van der Waals surface area contributed by atoms with Crippen molar-refractivity contribution in [3.8, 4) is 11.3 Å². The van der Waals surface area contributed by atoms with Crippen LogP contribution in [-0.2, 0) is 38.9 Å². The maximum atomic E-state index is 12.3. The van der Waals surface area contributed by atoms with Crippen LogP contribution in [0.15, 0.2) is 52.3 Å². The fourth-order valence-electron chi connectivity index (χ4n) is 6.43. The number of fused-ring (bicyclic) bond motifs is 5. The quantitative estimate of drug-likeness (QED) is 0.0594. The van der Waals surface area contributed by atoms with Gasteiger partial charge >= 0.3 is 11.9 Å². The second kappa shape index (κ2) is 14.0. The molecular weight excluding hydrogens is 660 g/mol. The van der Waals surface area contributed by atoms with E-state index >= 15 is 0 Å². The van der Waals surface area contributed by atoms with Gasteiger partial charge in [0.05, 0.1) is 28.5 Å². The first kappa shape index (κ1) is 32.4. The first-order valence-corrected chi connectivity index (χ1v) is 16.0. The van der Waals surface area contributed by atoms with Crippen molar-refractivity contribution in [1.82, 2.24) is 4.98 Å². The zero-order valence-corrected chi connectivity index (χ0v) is 26.3. The van der Waals surface area contributed by atoms with E-state index in [0.29, 0.717) is 29.4 Å². The van der Waals surface area contributed by atoms with Gasteiger partial charge in [-0.15, -0.1) is 0 Å². The highest BCUT2D eigenvalue weighted by Gasteiger charge is 2.31. The Morgan fingerprint density at radius 1 is 0.826 bits per heavy atom. The van der Waals surface area contributed by atoms with Gasteiger partial charge in [0, 0.05) is 51.7 Å². The Bertz CT molecular complexity index is 1910.